The Bertz CT molecular complexity index is 378. The van der Waals surface area contributed by atoms with Crippen molar-refractivity contribution in [3.05, 3.63) is 29.1 Å². The summed E-state index contributed by atoms with van der Waals surface area (Å²) < 4.78 is 0. The Morgan fingerprint density at radius 1 is 1.29 bits per heavy atom. The van der Waals surface area contributed by atoms with E-state index in [1.165, 1.54) is 16.7 Å². The maximum absolute atomic E-state index is 9.63. The molecule has 1 atom stereocenters. The SMILES string of the molecule is Cc1cncc(CN2CCC[C@H](O)CC2)c1C. The molecule has 0 radical (unpaired) electrons. The van der Waals surface area contributed by atoms with Crippen LogP contribution in [0, 0.1) is 13.8 Å². The maximum Gasteiger partial charge on any atom is 0.0553 e. The second-order valence-corrected chi connectivity index (χ2v) is 5.10. The molecule has 1 aliphatic heterocycles. The van der Waals surface area contributed by atoms with Gasteiger partial charge in [0.25, 0.3) is 0 Å². The molecule has 0 saturated carbocycles. The van der Waals surface area contributed by atoms with Crippen LogP contribution in [-0.2, 0) is 6.54 Å². The quantitative estimate of drug-likeness (QED) is 0.850. The van der Waals surface area contributed by atoms with Crippen LogP contribution < -0.4 is 0 Å². The van der Waals surface area contributed by atoms with Crippen molar-refractivity contribution in [2.24, 2.45) is 0 Å². The summed E-state index contributed by atoms with van der Waals surface area (Å²) in [6.07, 6.45) is 6.74. The average Bonchev–Trinajstić information content (AvgIpc) is 2.50. The Kier molecular flexibility index (Phi) is 4.13. The highest BCUT2D eigenvalue weighted by Gasteiger charge is 2.15. The molecule has 0 aromatic carbocycles. The first kappa shape index (κ1) is 12.5. The second-order valence-electron chi connectivity index (χ2n) is 5.10. The standard InChI is InChI=1S/C14H22N2O/c1-11-8-15-9-13(12(11)2)10-16-6-3-4-14(17)5-7-16/h8-9,14,17H,3-7,10H2,1-2H3/t14-/m0/s1. The van der Waals surface area contributed by atoms with Gasteiger partial charge in [-0.05, 0) is 56.3 Å². The molecule has 3 heteroatoms. The van der Waals surface area contributed by atoms with Crippen molar-refractivity contribution in [2.45, 2.75) is 45.8 Å². The van der Waals surface area contributed by atoms with Crippen LogP contribution in [0.2, 0.25) is 0 Å². The molecule has 1 saturated heterocycles. The van der Waals surface area contributed by atoms with Crippen molar-refractivity contribution in [1.29, 1.82) is 0 Å². The Hall–Kier alpha value is -0.930. The molecular formula is C14H22N2O. The summed E-state index contributed by atoms with van der Waals surface area (Å²) in [5.41, 5.74) is 3.93. The van der Waals surface area contributed by atoms with E-state index >= 15 is 0 Å². The monoisotopic (exact) mass is 234 g/mol. The van der Waals surface area contributed by atoms with Crippen LogP contribution in [0.15, 0.2) is 12.4 Å². The molecule has 0 bridgehead atoms. The number of hydrogen-bond donors (Lipinski definition) is 1. The van der Waals surface area contributed by atoms with Crippen molar-refractivity contribution in [2.75, 3.05) is 13.1 Å². The van der Waals surface area contributed by atoms with E-state index in [1.54, 1.807) is 0 Å². The molecule has 0 spiro atoms. The molecule has 1 aliphatic rings. The first-order valence-corrected chi connectivity index (χ1v) is 6.47. The van der Waals surface area contributed by atoms with Crippen LogP contribution in [0.25, 0.3) is 0 Å². The molecule has 2 rings (SSSR count). The van der Waals surface area contributed by atoms with Gasteiger partial charge in [0.15, 0.2) is 0 Å². The Morgan fingerprint density at radius 3 is 2.94 bits per heavy atom. The molecule has 0 aliphatic carbocycles. The predicted molar refractivity (Wildman–Crippen MR) is 68.8 cm³/mol. The van der Waals surface area contributed by atoms with Crippen molar-refractivity contribution >= 4 is 0 Å². The van der Waals surface area contributed by atoms with Crippen LogP contribution in [-0.4, -0.2) is 34.2 Å². The Balaban J connectivity index is 2.02. The summed E-state index contributed by atoms with van der Waals surface area (Å²) in [6, 6.07) is 0. The van der Waals surface area contributed by atoms with Gasteiger partial charge in [0.2, 0.25) is 0 Å². The third-order valence-electron chi connectivity index (χ3n) is 3.76. The molecule has 1 aromatic rings. The highest BCUT2D eigenvalue weighted by Crippen LogP contribution is 2.17. The van der Waals surface area contributed by atoms with Gasteiger partial charge >= 0.3 is 0 Å². The van der Waals surface area contributed by atoms with E-state index in [2.05, 4.69) is 23.7 Å². The first-order chi connectivity index (χ1) is 8.16. The summed E-state index contributed by atoms with van der Waals surface area (Å²) in [6.45, 7) is 7.32. The third-order valence-corrected chi connectivity index (χ3v) is 3.76. The van der Waals surface area contributed by atoms with Crippen LogP contribution in [0.1, 0.15) is 36.0 Å². The van der Waals surface area contributed by atoms with Crippen molar-refractivity contribution in [1.82, 2.24) is 9.88 Å². The summed E-state index contributed by atoms with van der Waals surface area (Å²) in [4.78, 5) is 6.70. The predicted octanol–water partition coefficient (Wildman–Crippen LogP) is 2.05. The zero-order valence-electron chi connectivity index (χ0n) is 10.8. The highest BCUT2D eigenvalue weighted by atomic mass is 16.3. The topological polar surface area (TPSA) is 36.4 Å². The van der Waals surface area contributed by atoms with E-state index < -0.39 is 0 Å². The smallest absolute Gasteiger partial charge is 0.0553 e. The fourth-order valence-corrected chi connectivity index (χ4v) is 2.38. The van der Waals surface area contributed by atoms with Crippen molar-refractivity contribution in [3.63, 3.8) is 0 Å². The van der Waals surface area contributed by atoms with Gasteiger partial charge in [-0.15, -0.1) is 0 Å². The van der Waals surface area contributed by atoms with Crippen molar-refractivity contribution < 1.29 is 5.11 Å². The number of aliphatic hydroxyl groups is 1. The number of likely N-dealkylation sites (tertiary alicyclic amines) is 1. The largest absolute Gasteiger partial charge is 0.393 e. The third kappa shape index (κ3) is 3.27. The summed E-state index contributed by atoms with van der Waals surface area (Å²) in [5.74, 6) is 0. The lowest BCUT2D eigenvalue weighted by Gasteiger charge is -2.21. The molecule has 0 unspecified atom stereocenters. The summed E-state index contributed by atoms with van der Waals surface area (Å²) >= 11 is 0. The lowest BCUT2D eigenvalue weighted by atomic mass is 10.1. The van der Waals surface area contributed by atoms with Gasteiger partial charge in [0.05, 0.1) is 6.10 Å². The lowest BCUT2D eigenvalue weighted by Crippen LogP contribution is -2.25. The molecule has 1 N–H and O–H groups in total. The molecule has 1 aromatic heterocycles. The molecule has 3 nitrogen and oxygen atoms in total. The van der Waals surface area contributed by atoms with Crippen LogP contribution in [0.3, 0.4) is 0 Å². The van der Waals surface area contributed by atoms with Gasteiger partial charge in [0, 0.05) is 25.5 Å². The van der Waals surface area contributed by atoms with Crippen LogP contribution >= 0.6 is 0 Å². The fraction of sp³-hybridized carbons (Fsp3) is 0.643. The van der Waals surface area contributed by atoms with Crippen LogP contribution in [0.4, 0.5) is 0 Å². The van der Waals surface area contributed by atoms with Gasteiger partial charge in [0.1, 0.15) is 0 Å². The van der Waals surface area contributed by atoms with E-state index in [4.69, 9.17) is 0 Å². The van der Waals surface area contributed by atoms with Gasteiger partial charge < -0.3 is 5.11 Å². The van der Waals surface area contributed by atoms with E-state index in [1.807, 2.05) is 12.4 Å². The molecule has 0 amide bonds. The normalized spacial score (nSPS) is 22.4. The minimum atomic E-state index is -0.100. The highest BCUT2D eigenvalue weighted by molar-refractivity contribution is 5.29. The summed E-state index contributed by atoms with van der Waals surface area (Å²) in [5, 5.41) is 9.63. The molecule has 17 heavy (non-hydrogen) atoms. The number of hydrogen-bond acceptors (Lipinski definition) is 3. The van der Waals surface area contributed by atoms with Gasteiger partial charge in [-0.2, -0.15) is 0 Å². The fourth-order valence-electron chi connectivity index (χ4n) is 2.38. The van der Waals surface area contributed by atoms with E-state index in [0.29, 0.717) is 0 Å². The number of aliphatic hydroxyl groups excluding tert-OH is 1. The van der Waals surface area contributed by atoms with Crippen LogP contribution in [0.5, 0.6) is 0 Å². The van der Waals surface area contributed by atoms with Crippen molar-refractivity contribution in [3.8, 4) is 0 Å². The number of aromatic nitrogens is 1. The zero-order chi connectivity index (χ0) is 12.3. The molecule has 2 heterocycles. The Labute approximate surface area is 103 Å². The number of aryl methyl sites for hydroxylation is 1. The van der Waals surface area contributed by atoms with Gasteiger partial charge in [-0.3, -0.25) is 9.88 Å². The Morgan fingerprint density at radius 2 is 2.12 bits per heavy atom. The maximum atomic E-state index is 9.63. The van der Waals surface area contributed by atoms with E-state index in [9.17, 15) is 5.11 Å². The molecule has 94 valence electrons. The van der Waals surface area contributed by atoms with E-state index in [0.717, 1.165) is 38.9 Å². The lowest BCUT2D eigenvalue weighted by molar-refractivity contribution is 0.154. The minimum absolute atomic E-state index is 0.100. The molecule has 1 fully saturated rings. The average molecular weight is 234 g/mol. The number of rotatable bonds is 2. The first-order valence-electron chi connectivity index (χ1n) is 6.47. The van der Waals surface area contributed by atoms with E-state index in [-0.39, 0.29) is 6.10 Å². The van der Waals surface area contributed by atoms with Gasteiger partial charge in [-0.25, -0.2) is 0 Å². The second kappa shape index (κ2) is 5.61. The number of nitrogens with zero attached hydrogens (tertiary/aromatic N) is 2. The zero-order valence-corrected chi connectivity index (χ0v) is 10.8. The molecular weight excluding hydrogens is 212 g/mol. The van der Waals surface area contributed by atoms with Gasteiger partial charge in [-0.1, -0.05) is 0 Å². The number of pyridine rings is 1. The minimum Gasteiger partial charge on any atom is -0.393 e. The summed E-state index contributed by atoms with van der Waals surface area (Å²) in [7, 11) is 0.